The van der Waals surface area contributed by atoms with Crippen LogP contribution in [0.15, 0.2) is 145 Å². The largest absolute Gasteiger partial charge is 0.489 e. The molecule has 10 nitrogen and oxygen atoms in total. The number of carbonyl (C=O) groups is 3. The first kappa shape index (κ1) is 38.8. The van der Waals surface area contributed by atoms with Crippen molar-refractivity contribution < 1.29 is 23.9 Å². The van der Waals surface area contributed by atoms with Crippen molar-refractivity contribution in [2.24, 2.45) is 16.5 Å². The van der Waals surface area contributed by atoms with E-state index in [1.807, 2.05) is 66.7 Å². The predicted octanol–water partition coefficient (Wildman–Crippen LogP) is 7.69. The van der Waals surface area contributed by atoms with E-state index in [2.05, 4.69) is 58.6 Å². The second-order valence-corrected chi connectivity index (χ2v) is 13.3. The molecule has 6 aromatic carbocycles. The summed E-state index contributed by atoms with van der Waals surface area (Å²) in [5.41, 5.74) is 15.5. The molecule has 6 rings (SSSR count). The number of aryl methyl sites for hydroxylation is 1. The Bertz CT molecular complexity index is 2370. The predicted molar refractivity (Wildman–Crippen MR) is 223 cm³/mol. The number of esters is 1. The van der Waals surface area contributed by atoms with Crippen LogP contribution in [0.2, 0.25) is 0 Å². The molecule has 0 fully saturated rings. The van der Waals surface area contributed by atoms with Gasteiger partial charge in [-0.3, -0.25) is 14.6 Å². The molecule has 6 aromatic rings. The molecule has 2 amide bonds. The Morgan fingerprint density at radius 3 is 2.21 bits per heavy atom. The van der Waals surface area contributed by atoms with Crippen LogP contribution in [-0.4, -0.2) is 42.9 Å². The van der Waals surface area contributed by atoms with Gasteiger partial charge in [0, 0.05) is 24.2 Å². The fraction of sp³-hybridized carbons (Fsp3) is 0.174. The minimum atomic E-state index is -0.904. The summed E-state index contributed by atoms with van der Waals surface area (Å²) in [6.07, 6.45) is 2.93. The molecular formula is C46H45N5O5. The third-order valence-electron chi connectivity index (χ3n) is 9.31. The molecule has 0 unspecified atom stereocenters. The van der Waals surface area contributed by atoms with Crippen LogP contribution in [0, 0.1) is 0 Å². The normalized spacial score (nSPS) is 11.4. The molecule has 284 valence electrons. The smallest absolute Gasteiger partial charge is 0.338 e. The molecule has 0 radical (unpaired) electrons. The maximum atomic E-state index is 13.7. The van der Waals surface area contributed by atoms with Crippen molar-refractivity contribution in [3.05, 3.63) is 157 Å². The van der Waals surface area contributed by atoms with Gasteiger partial charge >= 0.3 is 5.97 Å². The van der Waals surface area contributed by atoms with Crippen molar-refractivity contribution >= 4 is 51.0 Å². The van der Waals surface area contributed by atoms with Crippen molar-refractivity contribution in [3.8, 4) is 16.9 Å². The number of nitrogens with one attached hydrogen (secondary N) is 2. The number of amides is 2. The Balaban J connectivity index is 1.21. The van der Waals surface area contributed by atoms with Gasteiger partial charge in [-0.25, -0.2) is 4.79 Å². The van der Waals surface area contributed by atoms with Crippen LogP contribution in [0.1, 0.15) is 40.7 Å². The van der Waals surface area contributed by atoms with Crippen molar-refractivity contribution in [2.75, 3.05) is 18.5 Å². The number of guanidine groups is 1. The topological polar surface area (TPSA) is 158 Å². The molecule has 0 aliphatic carbocycles. The number of benzene rings is 6. The molecule has 0 aliphatic heterocycles. The molecule has 0 heterocycles. The Morgan fingerprint density at radius 2 is 1.48 bits per heavy atom. The van der Waals surface area contributed by atoms with Gasteiger partial charge in [-0.15, -0.1) is 0 Å². The highest BCUT2D eigenvalue weighted by Crippen LogP contribution is 2.43. The van der Waals surface area contributed by atoms with E-state index in [0.717, 1.165) is 49.5 Å². The molecular weight excluding hydrogens is 703 g/mol. The lowest BCUT2D eigenvalue weighted by molar-refractivity contribution is -0.126. The van der Waals surface area contributed by atoms with Crippen LogP contribution in [0.5, 0.6) is 5.75 Å². The zero-order chi connectivity index (χ0) is 39.3. The lowest BCUT2D eigenvalue weighted by Gasteiger charge is -2.20. The fourth-order valence-corrected chi connectivity index (χ4v) is 6.65. The standard InChI is InChI=1S/C46H45N5O5/c1-2-28-55-40-25-23-33-15-7-9-19-38(33)43(40)42-34(22-21-32-14-6-8-18-37(32)42)24-26-41(52)51-39(20-11-27-49-46(47)48)44(53)50-36-17-10-16-35(29-36)45(54)56-30-31-12-4-3-5-13-31/h2-10,12-19,21-23,25,29,39H,1,11,20,24,26-28,30H2,(H,50,53)(H,51,52)(H4,47,48,49)/t39-/m1/s1. The number of ether oxygens (including phenoxy) is 2. The summed E-state index contributed by atoms with van der Waals surface area (Å²) in [5.74, 6) is -0.601. The summed E-state index contributed by atoms with van der Waals surface area (Å²) in [7, 11) is 0. The van der Waals surface area contributed by atoms with E-state index in [0.29, 0.717) is 25.1 Å². The zero-order valence-corrected chi connectivity index (χ0v) is 31.1. The van der Waals surface area contributed by atoms with E-state index < -0.39 is 17.9 Å². The van der Waals surface area contributed by atoms with Gasteiger partial charge in [0.15, 0.2) is 5.96 Å². The van der Waals surface area contributed by atoms with Gasteiger partial charge in [0.2, 0.25) is 11.8 Å². The van der Waals surface area contributed by atoms with E-state index in [1.165, 1.54) is 0 Å². The highest BCUT2D eigenvalue weighted by atomic mass is 16.5. The minimum absolute atomic E-state index is 0.0542. The highest BCUT2D eigenvalue weighted by Gasteiger charge is 2.23. The molecule has 10 heteroatoms. The van der Waals surface area contributed by atoms with E-state index in [1.54, 1.807) is 30.3 Å². The second kappa shape index (κ2) is 18.9. The Hall–Kier alpha value is -6.94. The number of anilines is 1. The first-order chi connectivity index (χ1) is 27.3. The number of hydrogen-bond donors (Lipinski definition) is 4. The number of nitrogens with zero attached hydrogens (tertiary/aromatic N) is 1. The van der Waals surface area contributed by atoms with E-state index in [-0.39, 0.29) is 43.4 Å². The monoisotopic (exact) mass is 747 g/mol. The van der Waals surface area contributed by atoms with Gasteiger partial charge in [0.1, 0.15) is 25.0 Å². The summed E-state index contributed by atoms with van der Waals surface area (Å²) in [6, 6.07) is 39.4. The number of hydrogen-bond acceptors (Lipinski definition) is 6. The summed E-state index contributed by atoms with van der Waals surface area (Å²) in [4.78, 5) is 44.3. The summed E-state index contributed by atoms with van der Waals surface area (Å²) in [5, 5.41) is 10.00. The maximum absolute atomic E-state index is 13.7. The Labute approximate surface area is 326 Å². The van der Waals surface area contributed by atoms with Gasteiger partial charge in [0.25, 0.3) is 0 Å². The molecule has 6 N–H and O–H groups in total. The molecule has 0 saturated carbocycles. The van der Waals surface area contributed by atoms with Crippen LogP contribution >= 0.6 is 0 Å². The van der Waals surface area contributed by atoms with Crippen LogP contribution < -0.4 is 26.8 Å². The first-order valence-corrected chi connectivity index (χ1v) is 18.5. The molecule has 0 aromatic heterocycles. The van der Waals surface area contributed by atoms with Crippen molar-refractivity contribution in [3.63, 3.8) is 0 Å². The molecule has 56 heavy (non-hydrogen) atoms. The summed E-state index contributed by atoms with van der Waals surface area (Å²) < 4.78 is 11.7. The van der Waals surface area contributed by atoms with E-state index in [9.17, 15) is 14.4 Å². The lowest BCUT2D eigenvalue weighted by Crippen LogP contribution is -2.44. The average Bonchev–Trinajstić information content (AvgIpc) is 3.22. The van der Waals surface area contributed by atoms with Crippen LogP contribution in [-0.2, 0) is 27.4 Å². The van der Waals surface area contributed by atoms with Crippen molar-refractivity contribution in [1.82, 2.24) is 5.32 Å². The lowest BCUT2D eigenvalue weighted by atomic mass is 9.88. The molecule has 1 atom stereocenters. The minimum Gasteiger partial charge on any atom is -0.489 e. The number of carbonyl (C=O) groups excluding carboxylic acids is 3. The molecule has 0 aliphatic rings. The van der Waals surface area contributed by atoms with Crippen LogP contribution in [0.25, 0.3) is 32.7 Å². The molecule has 0 spiro atoms. The van der Waals surface area contributed by atoms with Gasteiger partial charge in [-0.2, -0.15) is 0 Å². The number of aliphatic imine (C=N–C) groups is 1. The van der Waals surface area contributed by atoms with Crippen LogP contribution in [0.4, 0.5) is 5.69 Å². The van der Waals surface area contributed by atoms with Gasteiger partial charge in [0.05, 0.1) is 5.56 Å². The van der Waals surface area contributed by atoms with E-state index >= 15 is 0 Å². The number of rotatable bonds is 17. The van der Waals surface area contributed by atoms with E-state index in [4.69, 9.17) is 20.9 Å². The van der Waals surface area contributed by atoms with Gasteiger partial charge in [-0.1, -0.05) is 116 Å². The Kier molecular flexibility index (Phi) is 13.1. The number of nitrogens with two attached hydrogens (primary N) is 2. The van der Waals surface area contributed by atoms with Gasteiger partial charge in [-0.05, 0) is 81.8 Å². The SMILES string of the molecule is C=CCOc1ccc2ccccc2c1-c1c(CCC(=O)N[C@H](CCCN=C(N)N)C(=O)Nc2cccc(C(=O)OCc3ccccc3)c2)ccc2ccccc12. The highest BCUT2D eigenvalue weighted by molar-refractivity contribution is 6.09. The van der Waals surface area contributed by atoms with Gasteiger partial charge < -0.3 is 31.6 Å². The zero-order valence-electron chi connectivity index (χ0n) is 31.1. The molecule has 0 bridgehead atoms. The summed E-state index contributed by atoms with van der Waals surface area (Å²) >= 11 is 0. The third kappa shape index (κ3) is 9.97. The molecule has 0 saturated heterocycles. The number of fused-ring (bicyclic) bond motifs is 2. The third-order valence-corrected chi connectivity index (χ3v) is 9.31. The van der Waals surface area contributed by atoms with Crippen LogP contribution in [0.3, 0.4) is 0 Å². The fourth-order valence-electron chi connectivity index (χ4n) is 6.65. The Morgan fingerprint density at radius 1 is 0.786 bits per heavy atom. The average molecular weight is 748 g/mol. The summed E-state index contributed by atoms with van der Waals surface area (Å²) in [6.45, 7) is 4.58. The second-order valence-electron chi connectivity index (χ2n) is 13.3. The van der Waals surface area contributed by atoms with Crippen molar-refractivity contribution in [1.29, 1.82) is 0 Å². The maximum Gasteiger partial charge on any atom is 0.338 e. The first-order valence-electron chi connectivity index (χ1n) is 18.5. The quantitative estimate of drug-likeness (QED) is 0.0245. The van der Waals surface area contributed by atoms with Crippen molar-refractivity contribution in [2.45, 2.75) is 38.3 Å².